The van der Waals surface area contributed by atoms with Crippen molar-refractivity contribution in [1.82, 2.24) is 0 Å². The number of rotatable bonds is 3. The van der Waals surface area contributed by atoms with E-state index in [1.807, 2.05) is 0 Å². The number of hydrogen-bond acceptors (Lipinski definition) is 1. The van der Waals surface area contributed by atoms with Gasteiger partial charge in [0, 0.05) is 6.08 Å². The predicted molar refractivity (Wildman–Crippen MR) is 78.6 cm³/mol. The molecular weight excluding hydrogens is 350 g/mol. The minimum atomic E-state index is -4.73. The highest BCUT2D eigenvalue weighted by Crippen LogP contribution is 2.36. The van der Waals surface area contributed by atoms with Crippen LogP contribution in [0.5, 0.6) is 0 Å². The lowest BCUT2D eigenvalue weighted by Gasteiger charge is -2.13. The summed E-state index contributed by atoms with van der Waals surface area (Å²) >= 11 is 0. The molecule has 0 aliphatic heterocycles. The number of carbonyl (C=O) groups is 1. The number of hydrogen-bond donors (Lipinski definition) is 1. The number of aliphatic carboxylic acids is 1. The summed E-state index contributed by atoms with van der Waals surface area (Å²) < 4.78 is 77.3. The molecule has 0 atom stereocenters. The van der Waals surface area contributed by atoms with Gasteiger partial charge in [-0.05, 0) is 47.0 Å². The third kappa shape index (κ3) is 4.62. The molecule has 0 saturated heterocycles. The van der Waals surface area contributed by atoms with Gasteiger partial charge < -0.3 is 5.11 Å². The molecule has 0 amide bonds. The maximum absolute atomic E-state index is 13.0. The molecule has 0 saturated carbocycles. The molecule has 1 N–H and O–H groups in total. The van der Waals surface area contributed by atoms with E-state index in [4.69, 9.17) is 5.11 Å². The van der Waals surface area contributed by atoms with Crippen LogP contribution < -0.4 is 0 Å². The van der Waals surface area contributed by atoms with Gasteiger partial charge in [-0.15, -0.1) is 0 Å². The molecule has 8 heteroatoms. The van der Waals surface area contributed by atoms with E-state index in [1.54, 1.807) is 0 Å². The van der Waals surface area contributed by atoms with Gasteiger partial charge in [-0.1, -0.05) is 18.2 Å². The van der Waals surface area contributed by atoms with Crippen LogP contribution in [0.15, 0.2) is 48.5 Å². The third-order valence-corrected chi connectivity index (χ3v) is 3.29. The Kier molecular flexibility index (Phi) is 4.92. The van der Waals surface area contributed by atoms with Crippen molar-refractivity contribution in [3.8, 4) is 11.1 Å². The van der Waals surface area contributed by atoms with Gasteiger partial charge in [-0.2, -0.15) is 26.3 Å². The van der Waals surface area contributed by atoms with Crippen molar-refractivity contribution >= 4 is 12.0 Å². The Hall–Kier alpha value is -2.77. The summed E-state index contributed by atoms with van der Waals surface area (Å²) in [6.07, 6.45) is -8.04. The molecule has 0 radical (unpaired) electrons. The highest BCUT2D eigenvalue weighted by Gasteiger charge is 2.33. The second kappa shape index (κ2) is 6.62. The van der Waals surface area contributed by atoms with Crippen LogP contribution in [0.25, 0.3) is 17.2 Å². The van der Waals surface area contributed by atoms with Crippen molar-refractivity contribution in [3.05, 3.63) is 65.2 Å². The molecule has 0 spiro atoms. The van der Waals surface area contributed by atoms with E-state index in [0.717, 1.165) is 36.4 Å². The van der Waals surface area contributed by atoms with Crippen LogP contribution in [0.2, 0.25) is 0 Å². The molecular formula is C17H10F6O2. The fourth-order valence-corrected chi connectivity index (χ4v) is 2.17. The van der Waals surface area contributed by atoms with E-state index in [1.165, 1.54) is 6.07 Å². The predicted octanol–water partition coefficient (Wildman–Crippen LogP) is 5.49. The molecule has 2 rings (SSSR count). The first-order valence-corrected chi connectivity index (χ1v) is 6.78. The zero-order valence-corrected chi connectivity index (χ0v) is 12.3. The number of alkyl halides is 6. The van der Waals surface area contributed by atoms with Crippen LogP contribution in [-0.4, -0.2) is 11.1 Å². The second-order valence-corrected chi connectivity index (χ2v) is 5.05. The smallest absolute Gasteiger partial charge is 0.416 e. The molecule has 2 nitrogen and oxygen atoms in total. The van der Waals surface area contributed by atoms with Crippen molar-refractivity contribution in [2.24, 2.45) is 0 Å². The average molecular weight is 360 g/mol. The largest absolute Gasteiger partial charge is 0.478 e. The van der Waals surface area contributed by atoms with E-state index >= 15 is 0 Å². The van der Waals surface area contributed by atoms with Crippen molar-refractivity contribution in [3.63, 3.8) is 0 Å². The Bertz CT molecular complexity index is 819. The molecule has 0 aliphatic rings. The first-order valence-electron chi connectivity index (χ1n) is 6.78. The fraction of sp³-hybridized carbons (Fsp3) is 0.118. The van der Waals surface area contributed by atoms with Gasteiger partial charge in [0.1, 0.15) is 0 Å². The minimum Gasteiger partial charge on any atom is -0.478 e. The fourth-order valence-electron chi connectivity index (χ4n) is 2.17. The Labute approximate surface area is 138 Å². The van der Waals surface area contributed by atoms with Crippen molar-refractivity contribution in [2.45, 2.75) is 12.4 Å². The summed E-state index contributed by atoms with van der Waals surface area (Å²) in [7, 11) is 0. The standard InChI is InChI=1S/C17H10F6O2/c18-16(19,20)13-3-1-2-10(9-13)11-4-6-14(17(21,22)23)12(8-11)5-7-15(24)25/h1-9H,(H,24,25)/b7-5+. The van der Waals surface area contributed by atoms with Crippen molar-refractivity contribution in [2.75, 3.05) is 0 Å². The van der Waals surface area contributed by atoms with Crippen LogP contribution in [0.3, 0.4) is 0 Å². The van der Waals surface area contributed by atoms with Crippen molar-refractivity contribution in [1.29, 1.82) is 0 Å². The van der Waals surface area contributed by atoms with E-state index < -0.39 is 35.0 Å². The number of benzene rings is 2. The molecule has 2 aromatic carbocycles. The first kappa shape index (κ1) is 18.6. The van der Waals surface area contributed by atoms with Crippen molar-refractivity contribution < 1.29 is 36.2 Å². The number of carboxylic acid groups (broad SMARTS) is 1. The zero-order chi connectivity index (χ0) is 18.8. The summed E-state index contributed by atoms with van der Waals surface area (Å²) in [4.78, 5) is 10.6. The van der Waals surface area contributed by atoms with E-state index in [9.17, 15) is 31.1 Å². The lowest BCUT2D eigenvalue weighted by atomic mass is 9.97. The molecule has 0 unspecified atom stereocenters. The zero-order valence-electron chi connectivity index (χ0n) is 12.3. The molecule has 0 bridgehead atoms. The number of halogens is 6. The Balaban J connectivity index is 2.57. The number of carboxylic acids is 1. The quantitative estimate of drug-likeness (QED) is 0.581. The van der Waals surface area contributed by atoms with Gasteiger partial charge in [0.25, 0.3) is 0 Å². The molecule has 0 fully saturated rings. The van der Waals surface area contributed by atoms with E-state index in [2.05, 4.69) is 0 Å². The first-order chi connectivity index (χ1) is 11.5. The Morgan fingerprint density at radius 3 is 2.08 bits per heavy atom. The van der Waals surface area contributed by atoms with Gasteiger partial charge in [0.2, 0.25) is 0 Å². The summed E-state index contributed by atoms with van der Waals surface area (Å²) in [5.41, 5.74) is -2.31. The molecule has 25 heavy (non-hydrogen) atoms. The molecule has 0 heterocycles. The van der Waals surface area contributed by atoms with Gasteiger partial charge in [-0.3, -0.25) is 0 Å². The van der Waals surface area contributed by atoms with Gasteiger partial charge in [0.05, 0.1) is 11.1 Å². The van der Waals surface area contributed by atoms with Crippen LogP contribution in [0.4, 0.5) is 26.3 Å². The monoisotopic (exact) mass is 360 g/mol. The van der Waals surface area contributed by atoms with Crippen LogP contribution in [0, 0.1) is 0 Å². The van der Waals surface area contributed by atoms with Gasteiger partial charge >= 0.3 is 18.3 Å². The summed E-state index contributed by atoms with van der Waals surface area (Å²) in [6.45, 7) is 0. The second-order valence-electron chi connectivity index (χ2n) is 5.05. The molecule has 0 aliphatic carbocycles. The molecule has 132 valence electrons. The van der Waals surface area contributed by atoms with Gasteiger partial charge in [0.15, 0.2) is 0 Å². The minimum absolute atomic E-state index is 0.0634. The summed E-state index contributed by atoms with van der Waals surface area (Å²) in [5, 5.41) is 8.59. The van der Waals surface area contributed by atoms with Crippen LogP contribution in [0.1, 0.15) is 16.7 Å². The molecule has 2 aromatic rings. The lowest BCUT2D eigenvalue weighted by molar-refractivity contribution is -0.138. The summed E-state index contributed by atoms with van der Waals surface area (Å²) in [5.74, 6) is -1.45. The highest BCUT2D eigenvalue weighted by molar-refractivity contribution is 5.86. The van der Waals surface area contributed by atoms with Crippen LogP contribution >= 0.6 is 0 Å². The highest BCUT2D eigenvalue weighted by atomic mass is 19.4. The topological polar surface area (TPSA) is 37.3 Å². The van der Waals surface area contributed by atoms with Gasteiger partial charge in [-0.25, -0.2) is 4.79 Å². The lowest BCUT2D eigenvalue weighted by Crippen LogP contribution is -2.08. The SMILES string of the molecule is O=C(O)/C=C/c1cc(-c2cccc(C(F)(F)F)c2)ccc1C(F)(F)F. The Morgan fingerprint density at radius 2 is 1.52 bits per heavy atom. The maximum atomic E-state index is 13.0. The third-order valence-electron chi connectivity index (χ3n) is 3.29. The maximum Gasteiger partial charge on any atom is 0.416 e. The Morgan fingerprint density at radius 1 is 0.880 bits per heavy atom. The van der Waals surface area contributed by atoms with Crippen LogP contribution in [-0.2, 0) is 17.1 Å². The normalized spacial score (nSPS) is 12.6. The van der Waals surface area contributed by atoms with E-state index in [0.29, 0.717) is 12.1 Å². The average Bonchev–Trinajstić information content (AvgIpc) is 2.51. The molecule has 0 aromatic heterocycles. The van der Waals surface area contributed by atoms with E-state index in [-0.39, 0.29) is 11.1 Å². The summed E-state index contributed by atoms with van der Waals surface area (Å²) in [6, 6.07) is 6.86.